The van der Waals surface area contributed by atoms with Gasteiger partial charge in [0, 0.05) is 35.8 Å². The van der Waals surface area contributed by atoms with Crippen LogP contribution in [-0.4, -0.2) is 34.9 Å². The Balaban J connectivity index is 1.63. The molecule has 1 aromatic heterocycles. The maximum Gasteiger partial charge on any atom is 0.411 e. The van der Waals surface area contributed by atoms with Crippen molar-refractivity contribution in [1.29, 1.82) is 0 Å². The number of fused-ring (bicyclic) bond motifs is 1. The maximum absolute atomic E-state index is 12.4. The number of aromatic carboxylic acids is 1. The van der Waals surface area contributed by atoms with Crippen molar-refractivity contribution in [2.75, 3.05) is 12.4 Å². The highest BCUT2D eigenvalue weighted by Gasteiger charge is 2.20. The molecular formula is C26H30N2O5. The Kier molecular flexibility index (Phi) is 6.87. The molecule has 33 heavy (non-hydrogen) atoms. The van der Waals surface area contributed by atoms with Crippen LogP contribution in [0.3, 0.4) is 0 Å². The molecule has 3 aromatic rings. The molecule has 2 aromatic carbocycles. The lowest BCUT2D eigenvalue weighted by Crippen LogP contribution is -2.20. The van der Waals surface area contributed by atoms with Crippen LogP contribution >= 0.6 is 0 Å². The van der Waals surface area contributed by atoms with Crippen LogP contribution in [0.5, 0.6) is 5.75 Å². The van der Waals surface area contributed by atoms with E-state index in [-0.39, 0.29) is 11.7 Å². The molecule has 7 nitrogen and oxygen atoms in total. The zero-order valence-corrected chi connectivity index (χ0v) is 19.1. The molecule has 1 aliphatic carbocycles. The molecule has 1 aliphatic rings. The van der Waals surface area contributed by atoms with E-state index in [1.165, 1.54) is 0 Å². The van der Waals surface area contributed by atoms with Crippen LogP contribution in [0.1, 0.15) is 60.5 Å². The fraction of sp³-hybridized carbons (Fsp3) is 0.385. The van der Waals surface area contributed by atoms with Crippen LogP contribution in [0.25, 0.3) is 10.9 Å². The summed E-state index contributed by atoms with van der Waals surface area (Å²) in [5.41, 5.74) is 3.94. The van der Waals surface area contributed by atoms with Gasteiger partial charge < -0.3 is 19.1 Å². The van der Waals surface area contributed by atoms with E-state index < -0.39 is 12.1 Å². The SMILES string of the molecule is CCCn1cc(Cc2ccc(C(=O)O)cc2OC)c2cc(NC(=O)OC3CCCC3)ccc21. The number of aromatic nitrogens is 1. The van der Waals surface area contributed by atoms with Crippen LogP contribution in [0.4, 0.5) is 10.5 Å². The lowest BCUT2D eigenvalue weighted by atomic mass is 10.0. The number of anilines is 1. The van der Waals surface area contributed by atoms with E-state index in [0.29, 0.717) is 17.9 Å². The van der Waals surface area contributed by atoms with Crippen LogP contribution < -0.4 is 10.1 Å². The van der Waals surface area contributed by atoms with Crippen molar-refractivity contribution in [2.24, 2.45) is 0 Å². The van der Waals surface area contributed by atoms with Crippen molar-refractivity contribution < 1.29 is 24.2 Å². The number of carboxylic acid groups (broad SMARTS) is 1. The molecule has 1 heterocycles. The number of amides is 1. The van der Waals surface area contributed by atoms with Crippen LogP contribution in [0, 0.1) is 0 Å². The van der Waals surface area contributed by atoms with E-state index in [9.17, 15) is 14.7 Å². The van der Waals surface area contributed by atoms with Gasteiger partial charge in [0.1, 0.15) is 11.9 Å². The number of hydrogen-bond donors (Lipinski definition) is 2. The molecule has 1 fully saturated rings. The summed E-state index contributed by atoms with van der Waals surface area (Å²) in [6.07, 6.45) is 7.36. The van der Waals surface area contributed by atoms with Crippen LogP contribution in [-0.2, 0) is 17.7 Å². The molecule has 0 spiro atoms. The monoisotopic (exact) mass is 450 g/mol. The fourth-order valence-electron chi connectivity index (χ4n) is 4.55. The highest BCUT2D eigenvalue weighted by molar-refractivity contribution is 5.92. The number of rotatable bonds is 8. The Bertz CT molecular complexity index is 1160. The molecule has 7 heteroatoms. The van der Waals surface area contributed by atoms with Gasteiger partial charge in [0.05, 0.1) is 12.7 Å². The Hall–Kier alpha value is -3.48. The molecule has 0 radical (unpaired) electrons. The topological polar surface area (TPSA) is 89.8 Å². The second kappa shape index (κ2) is 9.98. The lowest BCUT2D eigenvalue weighted by molar-refractivity contribution is 0.0696. The minimum atomic E-state index is -0.986. The largest absolute Gasteiger partial charge is 0.496 e. The molecule has 1 amide bonds. The molecular weight excluding hydrogens is 420 g/mol. The van der Waals surface area contributed by atoms with E-state index >= 15 is 0 Å². The molecule has 4 rings (SSSR count). The van der Waals surface area contributed by atoms with E-state index in [1.807, 2.05) is 18.2 Å². The molecule has 0 aliphatic heterocycles. The zero-order chi connectivity index (χ0) is 23.4. The summed E-state index contributed by atoms with van der Waals surface area (Å²) >= 11 is 0. The van der Waals surface area contributed by atoms with Gasteiger partial charge in [-0.1, -0.05) is 13.0 Å². The summed E-state index contributed by atoms with van der Waals surface area (Å²) in [5, 5.41) is 13.2. The molecule has 0 saturated heterocycles. The number of carboxylic acids is 1. The summed E-state index contributed by atoms with van der Waals surface area (Å²) in [4.78, 5) is 23.7. The third-order valence-electron chi connectivity index (χ3n) is 6.17. The number of nitrogens with one attached hydrogen (secondary N) is 1. The summed E-state index contributed by atoms with van der Waals surface area (Å²) in [7, 11) is 1.54. The van der Waals surface area contributed by atoms with Crippen molar-refractivity contribution in [3.8, 4) is 5.75 Å². The Labute approximate surface area is 193 Å². The van der Waals surface area contributed by atoms with Gasteiger partial charge in [0.2, 0.25) is 0 Å². The number of nitrogens with zero attached hydrogens (tertiary/aromatic N) is 1. The number of aryl methyl sites for hydroxylation is 1. The average molecular weight is 451 g/mol. The Morgan fingerprint density at radius 2 is 1.91 bits per heavy atom. The Morgan fingerprint density at radius 3 is 2.61 bits per heavy atom. The summed E-state index contributed by atoms with van der Waals surface area (Å²) in [6.45, 7) is 3.01. The first kappa shape index (κ1) is 22.7. The zero-order valence-electron chi connectivity index (χ0n) is 19.1. The predicted molar refractivity (Wildman–Crippen MR) is 127 cm³/mol. The van der Waals surface area contributed by atoms with Gasteiger partial charge in [0.15, 0.2) is 0 Å². The normalized spacial score (nSPS) is 13.9. The third kappa shape index (κ3) is 5.13. The number of methoxy groups -OCH3 is 1. The van der Waals surface area contributed by atoms with Gasteiger partial charge in [-0.05, 0) is 73.6 Å². The predicted octanol–water partition coefficient (Wildman–Crippen LogP) is 5.84. The number of ether oxygens (including phenoxy) is 2. The lowest BCUT2D eigenvalue weighted by Gasteiger charge is -2.13. The van der Waals surface area contributed by atoms with Crippen molar-refractivity contribution in [1.82, 2.24) is 4.57 Å². The smallest absolute Gasteiger partial charge is 0.411 e. The molecule has 0 bridgehead atoms. The second-order valence-corrected chi connectivity index (χ2v) is 8.52. The van der Waals surface area contributed by atoms with Gasteiger partial charge in [-0.3, -0.25) is 5.32 Å². The van der Waals surface area contributed by atoms with Crippen molar-refractivity contribution in [2.45, 2.75) is 58.1 Å². The first-order chi connectivity index (χ1) is 16.0. The molecule has 1 saturated carbocycles. The van der Waals surface area contributed by atoms with Gasteiger partial charge >= 0.3 is 12.1 Å². The van der Waals surface area contributed by atoms with Crippen molar-refractivity contribution >= 4 is 28.7 Å². The quantitative estimate of drug-likeness (QED) is 0.450. The second-order valence-electron chi connectivity index (χ2n) is 8.52. The highest BCUT2D eigenvalue weighted by atomic mass is 16.6. The summed E-state index contributed by atoms with van der Waals surface area (Å²) in [6, 6.07) is 10.8. The molecule has 2 N–H and O–H groups in total. The van der Waals surface area contributed by atoms with E-state index in [4.69, 9.17) is 9.47 Å². The molecule has 0 unspecified atom stereocenters. The fourth-order valence-corrected chi connectivity index (χ4v) is 4.55. The minimum absolute atomic E-state index is 0.0103. The summed E-state index contributed by atoms with van der Waals surface area (Å²) in [5.74, 6) is -0.444. The molecule has 0 atom stereocenters. The van der Waals surface area contributed by atoms with E-state index in [2.05, 4.69) is 23.0 Å². The number of benzene rings is 2. The number of carbonyl (C=O) groups is 2. The minimum Gasteiger partial charge on any atom is -0.496 e. The van der Waals surface area contributed by atoms with Gasteiger partial charge in [-0.2, -0.15) is 0 Å². The number of hydrogen-bond acceptors (Lipinski definition) is 4. The van der Waals surface area contributed by atoms with Gasteiger partial charge in [0.25, 0.3) is 0 Å². The first-order valence-electron chi connectivity index (χ1n) is 11.5. The maximum atomic E-state index is 12.4. The van der Waals surface area contributed by atoms with Gasteiger partial charge in [-0.15, -0.1) is 0 Å². The standard InChI is InChI=1S/C26H30N2O5/c1-3-12-28-16-19(13-17-8-9-18(25(29)30)14-24(17)32-2)22-15-20(10-11-23(22)28)27-26(31)33-21-6-4-5-7-21/h8-11,14-16,21H,3-7,12-13H2,1-2H3,(H,27,31)(H,29,30). The average Bonchev–Trinajstić information content (AvgIpc) is 3.42. The van der Waals surface area contributed by atoms with Crippen molar-refractivity contribution in [3.63, 3.8) is 0 Å². The third-order valence-corrected chi connectivity index (χ3v) is 6.17. The Morgan fingerprint density at radius 1 is 1.12 bits per heavy atom. The van der Waals surface area contributed by atoms with Crippen molar-refractivity contribution in [3.05, 3.63) is 59.3 Å². The number of carbonyl (C=O) groups excluding carboxylic acids is 1. The van der Waals surface area contributed by atoms with Crippen LogP contribution in [0.15, 0.2) is 42.6 Å². The molecule has 174 valence electrons. The highest BCUT2D eigenvalue weighted by Crippen LogP contribution is 2.31. The first-order valence-corrected chi connectivity index (χ1v) is 11.5. The van der Waals surface area contributed by atoms with E-state index in [1.54, 1.807) is 25.3 Å². The van der Waals surface area contributed by atoms with E-state index in [0.717, 1.165) is 60.7 Å². The summed E-state index contributed by atoms with van der Waals surface area (Å²) < 4.78 is 13.2. The van der Waals surface area contributed by atoms with Gasteiger partial charge in [-0.25, -0.2) is 9.59 Å². The van der Waals surface area contributed by atoms with Crippen LogP contribution in [0.2, 0.25) is 0 Å².